The number of carbonyl (C=O) groups is 1. The van der Waals surface area contributed by atoms with Crippen LogP contribution in [0.1, 0.15) is 53.4 Å². The standard InChI is InChI=1S/C21H40N6O2.HI/c1-5-22-19(23-14-18-15-26-10-12-27(18)13-11-26)24-16-6-8-17(9-7-16)25-20(28)29-21(2,3)4;/h16-18H,5-15H2,1-4H3,(H,25,28)(H2,22,23,24);1H. The second-order valence-electron chi connectivity index (χ2n) is 9.55. The van der Waals surface area contributed by atoms with Crippen LogP contribution in [-0.2, 0) is 4.74 Å². The number of hydrogen-bond acceptors (Lipinski definition) is 5. The number of piperazine rings is 3. The highest BCUT2D eigenvalue weighted by atomic mass is 127. The third-order valence-electron chi connectivity index (χ3n) is 5.99. The van der Waals surface area contributed by atoms with E-state index in [4.69, 9.17) is 9.73 Å². The lowest BCUT2D eigenvalue weighted by Gasteiger charge is -2.47. The number of aliphatic imine (C=N–C) groups is 1. The zero-order chi connectivity index (χ0) is 20.9. The average Bonchev–Trinajstić information content (AvgIpc) is 2.67. The minimum Gasteiger partial charge on any atom is -0.444 e. The quantitative estimate of drug-likeness (QED) is 0.284. The van der Waals surface area contributed by atoms with Crippen molar-refractivity contribution >= 4 is 36.0 Å². The molecule has 3 N–H and O–H groups in total. The van der Waals surface area contributed by atoms with Gasteiger partial charge >= 0.3 is 6.09 Å². The molecule has 0 aromatic rings. The van der Waals surface area contributed by atoms with E-state index in [1.807, 2.05) is 20.8 Å². The van der Waals surface area contributed by atoms with Crippen molar-refractivity contribution in [2.75, 3.05) is 45.8 Å². The van der Waals surface area contributed by atoms with Gasteiger partial charge in [-0.3, -0.25) is 14.8 Å². The smallest absolute Gasteiger partial charge is 0.407 e. The van der Waals surface area contributed by atoms with Crippen molar-refractivity contribution in [2.45, 2.75) is 77.1 Å². The van der Waals surface area contributed by atoms with Crippen LogP contribution >= 0.6 is 24.0 Å². The van der Waals surface area contributed by atoms with Gasteiger partial charge in [0.15, 0.2) is 5.96 Å². The van der Waals surface area contributed by atoms with Crippen molar-refractivity contribution in [2.24, 2.45) is 4.99 Å². The number of amides is 1. The van der Waals surface area contributed by atoms with E-state index in [2.05, 4.69) is 32.7 Å². The van der Waals surface area contributed by atoms with E-state index in [0.717, 1.165) is 51.3 Å². The van der Waals surface area contributed by atoms with Crippen LogP contribution in [0.5, 0.6) is 0 Å². The van der Waals surface area contributed by atoms with Crippen molar-refractivity contribution in [1.82, 2.24) is 25.8 Å². The van der Waals surface area contributed by atoms with Crippen LogP contribution in [0.15, 0.2) is 4.99 Å². The van der Waals surface area contributed by atoms with Crippen LogP contribution in [0.3, 0.4) is 0 Å². The fraction of sp³-hybridized carbons (Fsp3) is 0.905. The first-order valence-corrected chi connectivity index (χ1v) is 11.3. The highest BCUT2D eigenvalue weighted by Gasteiger charge is 2.31. The van der Waals surface area contributed by atoms with Crippen LogP contribution in [-0.4, -0.2) is 91.4 Å². The maximum atomic E-state index is 12.0. The number of rotatable bonds is 5. The Bertz CT molecular complexity index is 566. The molecule has 1 amide bonds. The van der Waals surface area contributed by atoms with E-state index in [-0.39, 0.29) is 36.1 Å². The molecular weight excluding hydrogens is 495 g/mol. The molecule has 0 radical (unpaired) electrons. The Kier molecular flexibility index (Phi) is 9.93. The maximum absolute atomic E-state index is 12.0. The predicted molar refractivity (Wildman–Crippen MR) is 132 cm³/mol. The summed E-state index contributed by atoms with van der Waals surface area (Å²) in [5.74, 6) is 0.925. The number of nitrogens with zero attached hydrogens (tertiary/aromatic N) is 3. The van der Waals surface area contributed by atoms with E-state index < -0.39 is 5.60 Å². The Morgan fingerprint density at radius 2 is 1.63 bits per heavy atom. The van der Waals surface area contributed by atoms with Crippen LogP contribution in [0.25, 0.3) is 0 Å². The van der Waals surface area contributed by atoms with Gasteiger partial charge in [0.05, 0.1) is 6.54 Å². The van der Waals surface area contributed by atoms with Gasteiger partial charge < -0.3 is 20.7 Å². The molecule has 3 saturated heterocycles. The summed E-state index contributed by atoms with van der Waals surface area (Å²) in [6, 6.07) is 1.14. The van der Waals surface area contributed by atoms with Gasteiger partial charge in [-0.1, -0.05) is 0 Å². The normalized spacial score (nSPS) is 31.5. The number of alkyl carbamates (subject to hydrolysis) is 1. The number of carbonyl (C=O) groups excluding carboxylic acids is 1. The number of fused-ring (bicyclic) bond motifs is 3. The first kappa shape index (κ1) is 25.5. The van der Waals surface area contributed by atoms with E-state index in [9.17, 15) is 4.79 Å². The van der Waals surface area contributed by atoms with Crippen molar-refractivity contribution < 1.29 is 9.53 Å². The topological polar surface area (TPSA) is 81.2 Å². The lowest BCUT2D eigenvalue weighted by Crippen LogP contribution is -2.62. The van der Waals surface area contributed by atoms with Gasteiger partial charge in [0.25, 0.3) is 0 Å². The number of nitrogens with one attached hydrogen (secondary N) is 3. The molecule has 0 spiro atoms. The molecule has 4 fully saturated rings. The largest absolute Gasteiger partial charge is 0.444 e. The van der Waals surface area contributed by atoms with E-state index in [1.54, 1.807) is 0 Å². The molecule has 4 rings (SSSR count). The highest BCUT2D eigenvalue weighted by Crippen LogP contribution is 2.20. The first-order valence-electron chi connectivity index (χ1n) is 11.3. The second-order valence-corrected chi connectivity index (χ2v) is 9.55. The maximum Gasteiger partial charge on any atom is 0.407 e. The predicted octanol–water partition coefficient (Wildman–Crippen LogP) is 2.00. The van der Waals surface area contributed by atoms with Crippen molar-refractivity contribution in [3.8, 4) is 0 Å². The molecule has 1 saturated carbocycles. The summed E-state index contributed by atoms with van der Waals surface area (Å²) in [6.45, 7) is 15.4. The Morgan fingerprint density at radius 1 is 1.03 bits per heavy atom. The van der Waals surface area contributed by atoms with E-state index in [0.29, 0.717) is 12.1 Å². The number of guanidine groups is 1. The van der Waals surface area contributed by atoms with Gasteiger partial charge in [-0.05, 0) is 53.4 Å². The summed E-state index contributed by atoms with van der Waals surface area (Å²) in [5.41, 5.74) is -0.453. The molecule has 30 heavy (non-hydrogen) atoms. The van der Waals surface area contributed by atoms with Crippen molar-refractivity contribution in [3.63, 3.8) is 0 Å². The molecule has 2 bridgehead atoms. The molecule has 0 aromatic carbocycles. The molecule has 4 aliphatic rings. The number of hydrogen-bond donors (Lipinski definition) is 3. The molecule has 1 unspecified atom stereocenters. The molecule has 1 atom stereocenters. The third-order valence-corrected chi connectivity index (χ3v) is 5.99. The molecule has 174 valence electrons. The van der Waals surface area contributed by atoms with Crippen LogP contribution in [0.2, 0.25) is 0 Å². The fourth-order valence-electron chi connectivity index (χ4n) is 4.46. The van der Waals surface area contributed by atoms with Crippen LogP contribution in [0.4, 0.5) is 4.79 Å². The number of ether oxygens (including phenoxy) is 1. The minimum absolute atomic E-state index is 0. The molecular formula is C21H41IN6O2. The number of halogens is 1. The van der Waals surface area contributed by atoms with Crippen molar-refractivity contribution in [3.05, 3.63) is 0 Å². The van der Waals surface area contributed by atoms with Crippen LogP contribution in [0, 0.1) is 0 Å². The Labute approximate surface area is 199 Å². The van der Waals surface area contributed by atoms with Gasteiger partial charge in [0, 0.05) is 57.4 Å². The Morgan fingerprint density at radius 3 is 2.13 bits per heavy atom. The lowest BCUT2D eigenvalue weighted by molar-refractivity contribution is 0.0174. The zero-order valence-electron chi connectivity index (χ0n) is 19.1. The fourth-order valence-corrected chi connectivity index (χ4v) is 4.46. The van der Waals surface area contributed by atoms with Crippen molar-refractivity contribution in [1.29, 1.82) is 0 Å². The minimum atomic E-state index is -0.453. The Balaban J connectivity index is 0.00000320. The van der Waals surface area contributed by atoms with Gasteiger partial charge in [0.2, 0.25) is 0 Å². The molecule has 8 nitrogen and oxygen atoms in total. The Hall–Kier alpha value is -0.810. The molecule has 3 heterocycles. The molecule has 0 aromatic heterocycles. The highest BCUT2D eigenvalue weighted by molar-refractivity contribution is 14.0. The van der Waals surface area contributed by atoms with Crippen LogP contribution < -0.4 is 16.0 Å². The monoisotopic (exact) mass is 536 g/mol. The van der Waals surface area contributed by atoms with Gasteiger partial charge in [-0.15, -0.1) is 24.0 Å². The van der Waals surface area contributed by atoms with Gasteiger partial charge in [-0.2, -0.15) is 0 Å². The first-order chi connectivity index (χ1) is 13.8. The van der Waals surface area contributed by atoms with E-state index >= 15 is 0 Å². The SMILES string of the molecule is CCNC(=NCC1CN2CCN1CC2)NC1CCC(NC(=O)OC(C)(C)C)CC1.I. The molecule has 1 aliphatic carbocycles. The third kappa shape index (κ3) is 8.03. The summed E-state index contributed by atoms with van der Waals surface area (Å²) < 4.78 is 5.37. The molecule has 3 aliphatic heterocycles. The van der Waals surface area contributed by atoms with Gasteiger partial charge in [-0.25, -0.2) is 4.79 Å². The van der Waals surface area contributed by atoms with E-state index in [1.165, 1.54) is 26.2 Å². The summed E-state index contributed by atoms with van der Waals surface area (Å²) in [7, 11) is 0. The average molecular weight is 537 g/mol. The summed E-state index contributed by atoms with van der Waals surface area (Å²) in [6.07, 6.45) is 3.66. The second kappa shape index (κ2) is 11.7. The lowest BCUT2D eigenvalue weighted by atomic mass is 9.91. The summed E-state index contributed by atoms with van der Waals surface area (Å²) in [5, 5.41) is 10.0. The summed E-state index contributed by atoms with van der Waals surface area (Å²) in [4.78, 5) is 22.0. The summed E-state index contributed by atoms with van der Waals surface area (Å²) >= 11 is 0. The van der Waals surface area contributed by atoms with Gasteiger partial charge in [0.1, 0.15) is 5.60 Å². The molecule has 9 heteroatoms. The zero-order valence-corrected chi connectivity index (χ0v) is 21.4.